The fourth-order valence-electron chi connectivity index (χ4n) is 4.97. The molecule has 0 spiro atoms. The molecule has 0 fully saturated rings. The Kier molecular flexibility index (Phi) is 6.61. The van der Waals surface area contributed by atoms with E-state index < -0.39 is 0 Å². The van der Waals surface area contributed by atoms with Gasteiger partial charge in [0, 0.05) is 29.7 Å². The molecule has 2 nitrogen and oxygen atoms in total. The third-order valence-electron chi connectivity index (χ3n) is 6.96. The smallest absolute Gasteiger partial charge is 0.0708 e. The van der Waals surface area contributed by atoms with Crippen molar-refractivity contribution < 1.29 is 0 Å². The van der Waals surface area contributed by atoms with Gasteiger partial charge >= 0.3 is 0 Å². The van der Waals surface area contributed by atoms with Crippen molar-refractivity contribution in [3.05, 3.63) is 157 Å². The van der Waals surface area contributed by atoms with Crippen molar-refractivity contribution >= 4 is 0 Å². The summed E-state index contributed by atoms with van der Waals surface area (Å²) in [7, 11) is 0. The summed E-state index contributed by atoms with van der Waals surface area (Å²) >= 11 is 0. The van der Waals surface area contributed by atoms with Gasteiger partial charge in [-0.25, -0.2) is 0 Å². The van der Waals surface area contributed by atoms with E-state index in [2.05, 4.69) is 126 Å². The standard InChI is InChI=1S/C36H28N2/c1-26-11-16-29(17-12-26)34-20-15-28(24-35(34)36-10-4-5-22-38-36)23-27-13-18-30(19-14-27)32-8-2-3-9-33(32)31-7-6-21-37-25-31/h2-22,24-25H,23H2,1H3. The van der Waals surface area contributed by atoms with E-state index in [4.69, 9.17) is 0 Å². The molecule has 38 heavy (non-hydrogen) atoms. The molecule has 0 aliphatic carbocycles. The molecule has 0 radical (unpaired) electrons. The van der Waals surface area contributed by atoms with Crippen molar-refractivity contribution in [1.82, 2.24) is 9.97 Å². The van der Waals surface area contributed by atoms with Gasteiger partial charge in [0.15, 0.2) is 0 Å². The fourth-order valence-corrected chi connectivity index (χ4v) is 4.97. The number of aryl methyl sites for hydroxylation is 1. The zero-order valence-corrected chi connectivity index (χ0v) is 21.4. The van der Waals surface area contributed by atoms with Gasteiger partial charge in [-0.05, 0) is 76.6 Å². The van der Waals surface area contributed by atoms with Gasteiger partial charge in [-0.15, -0.1) is 0 Å². The van der Waals surface area contributed by atoms with Crippen LogP contribution in [0.15, 0.2) is 140 Å². The third kappa shape index (κ3) is 5.02. The zero-order valence-electron chi connectivity index (χ0n) is 21.4. The highest BCUT2D eigenvalue weighted by molar-refractivity contribution is 5.84. The van der Waals surface area contributed by atoms with Gasteiger partial charge < -0.3 is 0 Å². The van der Waals surface area contributed by atoms with Crippen LogP contribution >= 0.6 is 0 Å². The van der Waals surface area contributed by atoms with Gasteiger partial charge in [-0.1, -0.05) is 103 Å². The average Bonchev–Trinajstić information content (AvgIpc) is 2.99. The van der Waals surface area contributed by atoms with Crippen LogP contribution in [-0.4, -0.2) is 9.97 Å². The molecule has 6 rings (SSSR count). The van der Waals surface area contributed by atoms with Crippen LogP contribution in [0.5, 0.6) is 0 Å². The lowest BCUT2D eigenvalue weighted by Gasteiger charge is -2.13. The normalized spacial score (nSPS) is 10.9. The Hall–Kier alpha value is -4.82. The van der Waals surface area contributed by atoms with E-state index in [1.54, 1.807) is 0 Å². The molecular formula is C36H28N2. The van der Waals surface area contributed by atoms with E-state index in [0.29, 0.717) is 0 Å². The zero-order chi connectivity index (χ0) is 25.7. The summed E-state index contributed by atoms with van der Waals surface area (Å²) in [6.45, 7) is 2.12. The Balaban J connectivity index is 1.31. The maximum atomic E-state index is 4.67. The molecule has 182 valence electrons. The second-order valence-electron chi connectivity index (χ2n) is 9.62. The maximum absolute atomic E-state index is 4.67. The van der Waals surface area contributed by atoms with Gasteiger partial charge in [-0.3, -0.25) is 9.97 Å². The van der Waals surface area contributed by atoms with Crippen LogP contribution in [0.1, 0.15) is 16.7 Å². The Bertz CT molecular complexity index is 1650. The summed E-state index contributed by atoms with van der Waals surface area (Å²) in [4.78, 5) is 8.99. The lowest BCUT2D eigenvalue weighted by molar-refractivity contribution is 1.19. The molecule has 0 bridgehead atoms. The SMILES string of the molecule is Cc1ccc(-c2ccc(Cc3ccc(-c4ccccc4-c4cccnc4)cc3)cc2-c2ccccn2)cc1. The third-order valence-corrected chi connectivity index (χ3v) is 6.96. The quantitative estimate of drug-likeness (QED) is 0.234. The highest BCUT2D eigenvalue weighted by Crippen LogP contribution is 2.34. The van der Waals surface area contributed by atoms with Crippen molar-refractivity contribution in [3.8, 4) is 44.6 Å². The second-order valence-corrected chi connectivity index (χ2v) is 9.62. The summed E-state index contributed by atoms with van der Waals surface area (Å²) in [5.41, 5.74) is 13.1. The predicted molar refractivity (Wildman–Crippen MR) is 158 cm³/mol. The van der Waals surface area contributed by atoms with Crippen molar-refractivity contribution in [2.75, 3.05) is 0 Å². The first kappa shape index (κ1) is 23.6. The minimum absolute atomic E-state index is 0.860. The van der Waals surface area contributed by atoms with Crippen molar-refractivity contribution in [2.24, 2.45) is 0 Å². The highest BCUT2D eigenvalue weighted by Gasteiger charge is 2.11. The minimum atomic E-state index is 0.860. The minimum Gasteiger partial charge on any atom is -0.264 e. The van der Waals surface area contributed by atoms with Crippen LogP contribution in [0, 0.1) is 6.92 Å². The number of pyridine rings is 2. The Morgan fingerprint density at radius 3 is 1.84 bits per heavy atom. The largest absolute Gasteiger partial charge is 0.264 e. The molecule has 4 aromatic carbocycles. The number of benzene rings is 4. The summed E-state index contributed by atoms with van der Waals surface area (Å²) in [5.74, 6) is 0. The van der Waals surface area contributed by atoms with Crippen LogP contribution in [-0.2, 0) is 6.42 Å². The maximum Gasteiger partial charge on any atom is 0.0708 e. The summed E-state index contributed by atoms with van der Waals surface area (Å²) < 4.78 is 0. The van der Waals surface area contributed by atoms with Gasteiger partial charge in [0.2, 0.25) is 0 Å². The van der Waals surface area contributed by atoms with Crippen LogP contribution < -0.4 is 0 Å². The van der Waals surface area contributed by atoms with E-state index in [-0.39, 0.29) is 0 Å². The number of hydrogen-bond acceptors (Lipinski definition) is 2. The number of rotatable bonds is 6. The molecule has 2 aromatic heterocycles. The first-order chi connectivity index (χ1) is 18.7. The van der Waals surface area contributed by atoms with E-state index in [0.717, 1.165) is 23.2 Å². The predicted octanol–water partition coefficient (Wildman–Crippen LogP) is 9.04. The molecule has 0 unspecified atom stereocenters. The van der Waals surface area contributed by atoms with Gasteiger partial charge in [0.25, 0.3) is 0 Å². The van der Waals surface area contributed by atoms with E-state index in [9.17, 15) is 0 Å². The number of nitrogens with zero attached hydrogens (tertiary/aromatic N) is 2. The molecule has 0 aliphatic heterocycles. The fraction of sp³-hybridized carbons (Fsp3) is 0.0556. The molecule has 0 saturated carbocycles. The molecule has 0 amide bonds. The van der Waals surface area contributed by atoms with Gasteiger partial charge in [0.1, 0.15) is 0 Å². The van der Waals surface area contributed by atoms with Crippen LogP contribution in [0.4, 0.5) is 0 Å². The van der Waals surface area contributed by atoms with E-state index in [1.807, 2.05) is 30.7 Å². The Labute approximate surface area is 224 Å². The van der Waals surface area contributed by atoms with Crippen molar-refractivity contribution in [3.63, 3.8) is 0 Å². The van der Waals surface area contributed by atoms with E-state index in [1.165, 1.54) is 44.5 Å². The molecule has 2 heterocycles. The lowest BCUT2D eigenvalue weighted by Crippen LogP contribution is -1.94. The van der Waals surface area contributed by atoms with Gasteiger partial charge in [-0.2, -0.15) is 0 Å². The highest BCUT2D eigenvalue weighted by atomic mass is 14.7. The summed E-state index contributed by atoms with van der Waals surface area (Å²) in [6, 6.07) is 43.2. The average molecular weight is 489 g/mol. The monoisotopic (exact) mass is 488 g/mol. The summed E-state index contributed by atoms with van der Waals surface area (Å²) in [5, 5.41) is 0. The van der Waals surface area contributed by atoms with Gasteiger partial charge in [0.05, 0.1) is 5.69 Å². The molecule has 0 aliphatic rings. The molecule has 0 N–H and O–H groups in total. The topological polar surface area (TPSA) is 25.8 Å². The molecule has 2 heteroatoms. The molecule has 0 saturated heterocycles. The molecular weight excluding hydrogens is 460 g/mol. The summed E-state index contributed by atoms with van der Waals surface area (Å²) in [6.07, 6.45) is 6.46. The Morgan fingerprint density at radius 1 is 0.500 bits per heavy atom. The number of aromatic nitrogens is 2. The van der Waals surface area contributed by atoms with Crippen LogP contribution in [0.3, 0.4) is 0 Å². The van der Waals surface area contributed by atoms with Crippen molar-refractivity contribution in [2.45, 2.75) is 13.3 Å². The first-order valence-corrected chi connectivity index (χ1v) is 12.9. The Morgan fingerprint density at radius 2 is 1.16 bits per heavy atom. The van der Waals surface area contributed by atoms with E-state index >= 15 is 0 Å². The lowest BCUT2D eigenvalue weighted by atomic mass is 9.92. The second kappa shape index (κ2) is 10.7. The van der Waals surface area contributed by atoms with Crippen LogP contribution in [0.25, 0.3) is 44.6 Å². The van der Waals surface area contributed by atoms with Crippen molar-refractivity contribution in [1.29, 1.82) is 0 Å². The molecule has 6 aromatic rings. The molecule has 0 atom stereocenters. The number of hydrogen-bond donors (Lipinski definition) is 0. The first-order valence-electron chi connectivity index (χ1n) is 12.9. The van der Waals surface area contributed by atoms with Crippen LogP contribution in [0.2, 0.25) is 0 Å².